The highest BCUT2D eigenvalue weighted by atomic mass is 16.1. The quantitative estimate of drug-likeness (QED) is 0.830. The van der Waals surface area contributed by atoms with Crippen molar-refractivity contribution in [2.45, 2.75) is 39.8 Å². The Morgan fingerprint density at radius 1 is 1.04 bits per heavy atom. The summed E-state index contributed by atoms with van der Waals surface area (Å²) < 4.78 is 0. The van der Waals surface area contributed by atoms with E-state index in [-0.39, 0.29) is 5.91 Å². The van der Waals surface area contributed by atoms with E-state index in [4.69, 9.17) is 0 Å². The van der Waals surface area contributed by atoms with Crippen LogP contribution in [0.1, 0.15) is 31.4 Å². The van der Waals surface area contributed by atoms with Gasteiger partial charge >= 0.3 is 0 Å². The van der Waals surface area contributed by atoms with Gasteiger partial charge in [0, 0.05) is 31.2 Å². The Morgan fingerprint density at radius 3 is 2.30 bits per heavy atom. The second-order valence-corrected chi connectivity index (χ2v) is 6.21. The lowest BCUT2D eigenvalue weighted by Crippen LogP contribution is -2.33. The summed E-state index contributed by atoms with van der Waals surface area (Å²) in [6.45, 7) is 8.00. The van der Waals surface area contributed by atoms with Crippen LogP contribution < -0.4 is 5.32 Å². The normalized spacial score (nSPS) is 11.0. The second kappa shape index (κ2) is 8.49. The van der Waals surface area contributed by atoms with Gasteiger partial charge in [0.2, 0.25) is 5.91 Å². The molecule has 0 fully saturated rings. The molecule has 0 aliphatic heterocycles. The minimum Gasteiger partial charge on any atom is -0.326 e. The number of nitrogens with zero attached hydrogens (tertiary/aromatic N) is 1. The van der Waals surface area contributed by atoms with Crippen LogP contribution >= 0.6 is 0 Å². The molecule has 0 saturated heterocycles. The van der Waals surface area contributed by atoms with Crippen molar-refractivity contribution < 1.29 is 4.79 Å². The van der Waals surface area contributed by atoms with Crippen molar-refractivity contribution >= 4 is 11.6 Å². The van der Waals surface area contributed by atoms with Gasteiger partial charge in [-0.25, -0.2) is 0 Å². The van der Waals surface area contributed by atoms with Crippen LogP contribution in [0.5, 0.6) is 0 Å². The van der Waals surface area contributed by atoms with E-state index in [1.165, 1.54) is 11.1 Å². The van der Waals surface area contributed by atoms with Gasteiger partial charge in [0.05, 0.1) is 0 Å². The molecule has 0 heterocycles. The molecule has 1 amide bonds. The first-order chi connectivity index (χ1) is 11.0. The summed E-state index contributed by atoms with van der Waals surface area (Å²) in [7, 11) is 0. The Bertz CT molecular complexity index is 605. The van der Waals surface area contributed by atoms with Crippen molar-refractivity contribution in [2.75, 3.05) is 11.9 Å². The molecule has 3 nitrogen and oxygen atoms in total. The molecule has 2 aromatic carbocycles. The average Bonchev–Trinajstić information content (AvgIpc) is 2.54. The molecule has 0 aromatic heterocycles. The van der Waals surface area contributed by atoms with Gasteiger partial charge in [-0.2, -0.15) is 0 Å². The number of benzene rings is 2. The number of hydrogen-bond donors (Lipinski definition) is 1. The molecule has 0 radical (unpaired) electrons. The molecule has 23 heavy (non-hydrogen) atoms. The lowest BCUT2D eigenvalue weighted by atomic mass is 10.2. The van der Waals surface area contributed by atoms with Gasteiger partial charge in [-0.3, -0.25) is 9.69 Å². The van der Waals surface area contributed by atoms with E-state index in [1.807, 2.05) is 37.3 Å². The van der Waals surface area contributed by atoms with E-state index in [0.29, 0.717) is 12.5 Å². The third-order valence-corrected chi connectivity index (χ3v) is 3.92. The predicted molar refractivity (Wildman–Crippen MR) is 96.4 cm³/mol. The smallest absolute Gasteiger partial charge is 0.225 e. The van der Waals surface area contributed by atoms with Gasteiger partial charge in [-0.15, -0.1) is 0 Å². The molecule has 1 N–H and O–H groups in total. The molecular formula is C20H26N2O. The van der Waals surface area contributed by atoms with Crippen molar-refractivity contribution in [3.05, 3.63) is 65.7 Å². The number of anilines is 1. The van der Waals surface area contributed by atoms with Crippen LogP contribution in [0.4, 0.5) is 5.69 Å². The van der Waals surface area contributed by atoms with Crippen LogP contribution in [0.3, 0.4) is 0 Å². The van der Waals surface area contributed by atoms with E-state index in [2.05, 4.69) is 48.3 Å². The van der Waals surface area contributed by atoms with E-state index < -0.39 is 0 Å². The molecule has 0 unspecified atom stereocenters. The fraction of sp³-hybridized carbons (Fsp3) is 0.350. The van der Waals surface area contributed by atoms with Crippen LogP contribution in [0.2, 0.25) is 0 Å². The first-order valence-electron chi connectivity index (χ1n) is 8.19. The number of aryl methyl sites for hydroxylation is 1. The molecule has 2 rings (SSSR count). The zero-order chi connectivity index (χ0) is 16.7. The van der Waals surface area contributed by atoms with Gasteiger partial charge in [-0.1, -0.05) is 48.0 Å². The summed E-state index contributed by atoms with van der Waals surface area (Å²) in [4.78, 5) is 14.5. The highest BCUT2D eigenvalue weighted by Gasteiger charge is 2.12. The summed E-state index contributed by atoms with van der Waals surface area (Å²) in [6, 6.07) is 18.7. The first-order valence-corrected chi connectivity index (χ1v) is 8.19. The van der Waals surface area contributed by atoms with E-state index in [9.17, 15) is 4.79 Å². The molecule has 0 bridgehead atoms. The molecular weight excluding hydrogens is 284 g/mol. The van der Waals surface area contributed by atoms with Crippen LogP contribution in [0, 0.1) is 6.92 Å². The van der Waals surface area contributed by atoms with Crippen LogP contribution in [-0.2, 0) is 11.3 Å². The van der Waals surface area contributed by atoms with Crippen molar-refractivity contribution in [1.82, 2.24) is 4.90 Å². The zero-order valence-electron chi connectivity index (χ0n) is 14.3. The number of carbonyl (C=O) groups excluding carboxylic acids is 1. The fourth-order valence-electron chi connectivity index (χ4n) is 2.44. The van der Waals surface area contributed by atoms with Crippen molar-refractivity contribution in [3.8, 4) is 0 Å². The maximum Gasteiger partial charge on any atom is 0.225 e. The summed E-state index contributed by atoms with van der Waals surface area (Å²) in [5, 5.41) is 2.96. The lowest BCUT2D eigenvalue weighted by molar-refractivity contribution is -0.116. The van der Waals surface area contributed by atoms with E-state index in [1.54, 1.807) is 0 Å². The molecule has 0 saturated carbocycles. The minimum absolute atomic E-state index is 0.0626. The number of rotatable bonds is 7. The zero-order valence-corrected chi connectivity index (χ0v) is 14.3. The first kappa shape index (κ1) is 17.2. The Kier molecular flexibility index (Phi) is 6.36. The van der Waals surface area contributed by atoms with Gasteiger partial charge in [0.1, 0.15) is 0 Å². The summed E-state index contributed by atoms with van der Waals surface area (Å²) >= 11 is 0. The van der Waals surface area contributed by atoms with E-state index in [0.717, 1.165) is 18.8 Å². The number of hydrogen-bond acceptors (Lipinski definition) is 2. The standard InChI is InChI=1S/C20H26N2O/c1-16(2)22(15-18-7-5-4-6-8-18)14-13-20(23)21-19-11-9-17(3)10-12-19/h4-12,16H,13-15H2,1-3H3,(H,21,23). The van der Waals surface area contributed by atoms with Crippen LogP contribution in [0.25, 0.3) is 0 Å². The second-order valence-electron chi connectivity index (χ2n) is 6.21. The van der Waals surface area contributed by atoms with Crippen molar-refractivity contribution in [2.24, 2.45) is 0 Å². The monoisotopic (exact) mass is 310 g/mol. The fourth-order valence-corrected chi connectivity index (χ4v) is 2.44. The van der Waals surface area contributed by atoms with Crippen molar-refractivity contribution in [3.63, 3.8) is 0 Å². The minimum atomic E-state index is 0.0626. The van der Waals surface area contributed by atoms with Gasteiger partial charge in [-0.05, 0) is 38.5 Å². The summed E-state index contributed by atoms with van der Waals surface area (Å²) in [5.74, 6) is 0.0626. The van der Waals surface area contributed by atoms with Gasteiger partial charge < -0.3 is 5.32 Å². The highest BCUT2D eigenvalue weighted by Crippen LogP contribution is 2.11. The molecule has 122 valence electrons. The van der Waals surface area contributed by atoms with Crippen molar-refractivity contribution in [1.29, 1.82) is 0 Å². The predicted octanol–water partition coefficient (Wildman–Crippen LogP) is 4.23. The molecule has 0 atom stereocenters. The SMILES string of the molecule is Cc1ccc(NC(=O)CCN(Cc2ccccc2)C(C)C)cc1. The van der Waals surface area contributed by atoms with E-state index >= 15 is 0 Å². The molecule has 0 aliphatic rings. The largest absolute Gasteiger partial charge is 0.326 e. The Labute approximate surface area is 139 Å². The Morgan fingerprint density at radius 2 is 1.70 bits per heavy atom. The molecule has 0 aliphatic carbocycles. The number of carbonyl (C=O) groups is 1. The average molecular weight is 310 g/mol. The van der Waals surface area contributed by atoms with Crippen LogP contribution in [-0.4, -0.2) is 23.4 Å². The topological polar surface area (TPSA) is 32.3 Å². The van der Waals surface area contributed by atoms with Gasteiger partial charge in [0.15, 0.2) is 0 Å². The molecule has 0 spiro atoms. The van der Waals surface area contributed by atoms with Crippen LogP contribution in [0.15, 0.2) is 54.6 Å². The number of amides is 1. The third-order valence-electron chi connectivity index (χ3n) is 3.92. The summed E-state index contributed by atoms with van der Waals surface area (Å²) in [5.41, 5.74) is 3.33. The third kappa shape index (κ3) is 5.87. The highest BCUT2D eigenvalue weighted by molar-refractivity contribution is 5.90. The summed E-state index contributed by atoms with van der Waals surface area (Å²) in [6.07, 6.45) is 0.499. The lowest BCUT2D eigenvalue weighted by Gasteiger charge is -2.26. The Balaban J connectivity index is 1.85. The molecule has 2 aromatic rings. The Hall–Kier alpha value is -2.13. The maximum atomic E-state index is 12.1. The molecule has 3 heteroatoms. The maximum absolute atomic E-state index is 12.1. The van der Waals surface area contributed by atoms with Gasteiger partial charge in [0.25, 0.3) is 0 Å². The number of nitrogens with one attached hydrogen (secondary N) is 1.